The van der Waals surface area contributed by atoms with E-state index < -0.39 is 0 Å². The van der Waals surface area contributed by atoms with E-state index in [4.69, 9.17) is 14.2 Å². The zero-order valence-electron chi connectivity index (χ0n) is 16.0. The van der Waals surface area contributed by atoms with Gasteiger partial charge in [-0.1, -0.05) is 0 Å². The molecule has 7 nitrogen and oxygen atoms in total. The van der Waals surface area contributed by atoms with E-state index in [9.17, 15) is 4.79 Å². The lowest BCUT2D eigenvalue weighted by Crippen LogP contribution is -2.40. The van der Waals surface area contributed by atoms with Gasteiger partial charge in [0, 0.05) is 25.5 Å². The number of aromatic nitrogens is 2. The Balaban J connectivity index is 1.21. The van der Waals surface area contributed by atoms with Crippen molar-refractivity contribution in [1.82, 2.24) is 15.1 Å². The van der Waals surface area contributed by atoms with Crippen molar-refractivity contribution >= 4 is 5.91 Å². The first-order valence-electron chi connectivity index (χ1n) is 10.5. The zero-order chi connectivity index (χ0) is 18.5. The maximum atomic E-state index is 12.5. The lowest BCUT2D eigenvalue weighted by molar-refractivity contribution is -0.193. The number of carbonyl (C=O) groups excluding carboxylic acids is 1. The van der Waals surface area contributed by atoms with Crippen molar-refractivity contribution in [3.8, 4) is 0 Å². The van der Waals surface area contributed by atoms with Gasteiger partial charge in [0.05, 0.1) is 6.10 Å². The van der Waals surface area contributed by atoms with Crippen LogP contribution in [0.3, 0.4) is 0 Å². The largest absolute Gasteiger partial charge is 0.357 e. The molecule has 0 spiro atoms. The molecule has 1 aromatic rings. The summed E-state index contributed by atoms with van der Waals surface area (Å²) < 4.78 is 19.3. The third-order valence-electron chi connectivity index (χ3n) is 5.78. The van der Waals surface area contributed by atoms with Crippen LogP contribution in [-0.2, 0) is 14.2 Å². The van der Waals surface area contributed by atoms with Gasteiger partial charge in [-0.25, -0.2) is 4.68 Å². The molecule has 3 aliphatic rings. The lowest BCUT2D eigenvalue weighted by Gasteiger charge is -2.32. The van der Waals surface area contributed by atoms with Gasteiger partial charge < -0.3 is 19.5 Å². The Morgan fingerprint density at radius 1 is 1.04 bits per heavy atom. The summed E-state index contributed by atoms with van der Waals surface area (Å²) in [5, 5.41) is 7.56. The first kappa shape index (κ1) is 18.9. The number of amides is 1. The van der Waals surface area contributed by atoms with Crippen LogP contribution < -0.4 is 5.32 Å². The molecular weight excluding hydrogens is 346 g/mol. The van der Waals surface area contributed by atoms with E-state index in [1.54, 1.807) is 10.7 Å². The van der Waals surface area contributed by atoms with Crippen molar-refractivity contribution in [2.75, 3.05) is 13.2 Å². The van der Waals surface area contributed by atoms with Crippen LogP contribution in [0.4, 0.5) is 0 Å². The van der Waals surface area contributed by atoms with Gasteiger partial charge in [-0.2, -0.15) is 5.10 Å². The summed E-state index contributed by atoms with van der Waals surface area (Å²) in [5.41, 5.74) is 0.471. The fourth-order valence-electron chi connectivity index (χ4n) is 4.19. The molecule has 2 unspecified atom stereocenters. The highest BCUT2D eigenvalue weighted by Gasteiger charge is 2.27. The monoisotopic (exact) mass is 377 g/mol. The number of nitrogens with zero attached hydrogens (tertiary/aromatic N) is 2. The Morgan fingerprint density at radius 2 is 1.81 bits per heavy atom. The minimum absolute atomic E-state index is 0.0270. The molecule has 0 radical (unpaired) electrons. The van der Waals surface area contributed by atoms with E-state index in [2.05, 4.69) is 10.4 Å². The van der Waals surface area contributed by atoms with Crippen LogP contribution >= 0.6 is 0 Å². The molecule has 1 aromatic heterocycles. The minimum atomic E-state index is -0.0930. The minimum Gasteiger partial charge on any atom is -0.357 e. The fraction of sp³-hybridized carbons (Fsp3) is 0.800. The number of rotatable bonds is 5. The van der Waals surface area contributed by atoms with Crippen LogP contribution in [0.15, 0.2) is 12.3 Å². The van der Waals surface area contributed by atoms with Crippen molar-refractivity contribution in [1.29, 1.82) is 0 Å². The van der Waals surface area contributed by atoms with Gasteiger partial charge in [0.15, 0.2) is 6.29 Å². The SMILES string of the molecule is O=C(NC1CCC(OC2CCCCO2)CC1)c1ccn(C2CCCCO2)n1. The Morgan fingerprint density at radius 3 is 2.52 bits per heavy atom. The number of carbonyl (C=O) groups is 1. The molecule has 0 bridgehead atoms. The van der Waals surface area contributed by atoms with Crippen molar-refractivity contribution < 1.29 is 19.0 Å². The Kier molecular flexibility index (Phi) is 6.42. The molecule has 1 aliphatic carbocycles. The molecule has 3 heterocycles. The van der Waals surface area contributed by atoms with Crippen LogP contribution in [0.2, 0.25) is 0 Å². The molecule has 2 atom stereocenters. The second kappa shape index (κ2) is 9.17. The highest BCUT2D eigenvalue weighted by atomic mass is 16.7. The molecule has 1 N–H and O–H groups in total. The predicted octanol–water partition coefficient (Wildman–Crippen LogP) is 3.17. The molecule has 0 aromatic carbocycles. The van der Waals surface area contributed by atoms with Crippen LogP contribution in [0.25, 0.3) is 0 Å². The van der Waals surface area contributed by atoms with Gasteiger partial charge in [0.25, 0.3) is 5.91 Å². The van der Waals surface area contributed by atoms with Crippen LogP contribution in [-0.4, -0.2) is 47.3 Å². The third-order valence-corrected chi connectivity index (χ3v) is 5.78. The molecule has 1 amide bonds. The Hall–Kier alpha value is -1.44. The van der Waals surface area contributed by atoms with Crippen molar-refractivity contribution in [2.45, 2.75) is 88.9 Å². The second-order valence-corrected chi connectivity index (χ2v) is 7.88. The van der Waals surface area contributed by atoms with Gasteiger partial charge in [-0.3, -0.25) is 4.79 Å². The summed E-state index contributed by atoms with van der Waals surface area (Å²) in [6.07, 6.45) is 12.4. The van der Waals surface area contributed by atoms with Gasteiger partial charge in [-0.05, 0) is 70.3 Å². The summed E-state index contributed by atoms with van der Waals surface area (Å²) in [6, 6.07) is 1.98. The van der Waals surface area contributed by atoms with Gasteiger partial charge in [0.2, 0.25) is 0 Å². The highest BCUT2D eigenvalue weighted by molar-refractivity contribution is 5.92. The van der Waals surface area contributed by atoms with E-state index in [-0.39, 0.29) is 30.6 Å². The van der Waals surface area contributed by atoms with Crippen LogP contribution in [0.5, 0.6) is 0 Å². The van der Waals surface area contributed by atoms with Gasteiger partial charge in [-0.15, -0.1) is 0 Å². The fourth-order valence-corrected chi connectivity index (χ4v) is 4.19. The van der Waals surface area contributed by atoms with Crippen molar-refractivity contribution in [3.63, 3.8) is 0 Å². The summed E-state index contributed by atoms with van der Waals surface area (Å²) in [6.45, 7) is 1.58. The molecule has 7 heteroatoms. The first-order valence-corrected chi connectivity index (χ1v) is 10.5. The molecule has 3 fully saturated rings. The van der Waals surface area contributed by atoms with Gasteiger partial charge in [0.1, 0.15) is 11.9 Å². The predicted molar refractivity (Wildman–Crippen MR) is 99.3 cm³/mol. The standard InChI is InChI=1S/C20H31N3O4/c24-20(17-11-12-23(22-17)18-5-1-3-13-25-18)21-15-7-9-16(10-8-15)27-19-6-2-4-14-26-19/h11-12,15-16,18-19H,1-10,13-14H2,(H,21,24). The maximum Gasteiger partial charge on any atom is 0.271 e. The van der Waals surface area contributed by atoms with Crippen LogP contribution in [0, 0.1) is 0 Å². The summed E-state index contributed by atoms with van der Waals surface area (Å²) >= 11 is 0. The summed E-state index contributed by atoms with van der Waals surface area (Å²) in [5.74, 6) is -0.0930. The smallest absolute Gasteiger partial charge is 0.271 e. The molecule has 150 valence electrons. The number of hydrogen-bond donors (Lipinski definition) is 1. The average Bonchev–Trinajstić information content (AvgIpc) is 3.21. The molecule has 2 saturated heterocycles. The summed E-state index contributed by atoms with van der Waals surface area (Å²) in [4.78, 5) is 12.5. The number of nitrogens with one attached hydrogen (secondary N) is 1. The molecular formula is C20H31N3O4. The van der Waals surface area contributed by atoms with Gasteiger partial charge >= 0.3 is 0 Å². The van der Waals surface area contributed by atoms with Crippen molar-refractivity contribution in [3.05, 3.63) is 18.0 Å². The zero-order valence-corrected chi connectivity index (χ0v) is 16.0. The topological polar surface area (TPSA) is 74.6 Å². The Bertz CT molecular complexity index is 600. The molecule has 2 aliphatic heterocycles. The molecule has 4 rings (SSSR count). The van der Waals surface area contributed by atoms with Crippen molar-refractivity contribution in [2.24, 2.45) is 0 Å². The quantitative estimate of drug-likeness (QED) is 0.853. The Labute approximate surface area is 160 Å². The van der Waals surface area contributed by atoms with E-state index >= 15 is 0 Å². The molecule has 1 saturated carbocycles. The number of ether oxygens (including phenoxy) is 3. The summed E-state index contributed by atoms with van der Waals surface area (Å²) in [7, 11) is 0. The van der Waals surface area contributed by atoms with E-state index in [1.165, 1.54) is 6.42 Å². The average molecular weight is 377 g/mol. The van der Waals surface area contributed by atoms with E-state index in [0.717, 1.165) is 71.0 Å². The highest BCUT2D eigenvalue weighted by Crippen LogP contribution is 2.26. The molecule has 27 heavy (non-hydrogen) atoms. The number of hydrogen-bond acceptors (Lipinski definition) is 5. The maximum absolute atomic E-state index is 12.5. The third kappa shape index (κ3) is 5.09. The van der Waals surface area contributed by atoms with Crippen LogP contribution in [0.1, 0.15) is 80.9 Å². The van der Waals surface area contributed by atoms with E-state index in [1.807, 2.05) is 6.20 Å². The second-order valence-electron chi connectivity index (χ2n) is 7.88. The normalized spacial score (nSPS) is 32.1. The first-order chi connectivity index (χ1) is 13.3. The van der Waals surface area contributed by atoms with E-state index in [0.29, 0.717) is 5.69 Å². The lowest BCUT2D eigenvalue weighted by atomic mass is 9.92.